The Morgan fingerprint density at radius 3 is 2.48 bits per heavy atom. The van der Waals surface area contributed by atoms with Gasteiger partial charge in [-0.15, -0.1) is 0 Å². The highest BCUT2D eigenvalue weighted by Gasteiger charge is 2.29. The van der Waals surface area contributed by atoms with E-state index in [1.165, 1.54) is 6.07 Å². The Morgan fingerprint density at radius 1 is 1.07 bits per heavy atom. The van der Waals surface area contributed by atoms with E-state index in [9.17, 15) is 23.2 Å². The van der Waals surface area contributed by atoms with Crippen molar-refractivity contribution in [1.82, 2.24) is 5.32 Å². The monoisotopic (exact) mass is 553 g/mol. The lowest BCUT2D eigenvalue weighted by atomic mass is 9.99. The molecule has 1 heterocycles. The molecule has 0 spiro atoms. The van der Waals surface area contributed by atoms with E-state index < -0.39 is 18.8 Å². The first kappa shape index (κ1) is 28.8. The molecule has 210 valence electrons. The molecule has 0 saturated heterocycles. The van der Waals surface area contributed by atoms with Crippen LogP contribution in [-0.2, 0) is 17.6 Å². The molecule has 0 fully saturated rings. The highest BCUT2D eigenvalue weighted by Crippen LogP contribution is 2.33. The van der Waals surface area contributed by atoms with E-state index in [1.807, 2.05) is 24.0 Å². The zero-order valence-corrected chi connectivity index (χ0v) is 22.0. The first-order valence-electron chi connectivity index (χ1n) is 12.9. The number of hydrogen-bond acceptors (Lipinski definition) is 7. The standard InChI is InChI=1S/C30H30F3N3O4/c1-21(35-12-14-38-26-9-5-6-10-27(26)39-19-30(31,32)33)15-22-16-24-11-13-36(28(24)25(17-22)18-34)20-40-29(37)23-7-3-2-4-8-23/h2-10,16-17,21,35H,11-15,19-20H2,1H3/t21-/m1/s1. The van der Waals surface area contributed by atoms with Gasteiger partial charge >= 0.3 is 12.1 Å². The van der Waals surface area contributed by atoms with Gasteiger partial charge in [-0.05, 0) is 61.2 Å². The lowest BCUT2D eigenvalue weighted by molar-refractivity contribution is -0.153. The maximum Gasteiger partial charge on any atom is 0.422 e. The third kappa shape index (κ3) is 7.90. The van der Waals surface area contributed by atoms with Crippen LogP contribution in [0.1, 0.15) is 34.0 Å². The van der Waals surface area contributed by atoms with Gasteiger partial charge in [-0.3, -0.25) is 0 Å². The fourth-order valence-electron chi connectivity index (χ4n) is 4.56. The number of benzene rings is 3. The fraction of sp³-hybridized carbons (Fsp3) is 0.333. The third-order valence-corrected chi connectivity index (χ3v) is 6.33. The van der Waals surface area contributed by atoms with Crippen molar-refractivity contribution in [3.05, 3.63) is 89.0 Å². The Labute approximate surface area is 231 Å². The predicted molar refractivity (Wildman–Crippen MR) is 144 cm³/mol. The van der Waals surface area contributed by atoms with Crippen LogP contribution in [0.5, 0.6) is 11.5 Å². The van der Waals surface area contributed by atoms with Crippen molar-refractivity contribution in [2.75, 3.05) is 37.9 Å². The molecule has 0 bridgehead atoms. The molecule has 10 heteroatoms. The van der Waals surface area contributed by atoms with Crippen molar-refractivity contribution >= 4 is 11.7 Å². The van der Waals surface area contributed by atoms with Gasteiger partial charge in [0.25, 0.3) is 0 Å². The van der Waals surface area contributed by atoms with Crippen LogP contribution in [0.15, 0.2) is 66.7 Å². The first-order chi connectivity index (χ1) is 19.2. The molecule has 0 aliphatic carbocycles. The van der Waals surface area contributed by atoms with Gasteiger partial charge in [-0.25, -0.2) is 4.79 Å². The van der Waals surface area contributed by atoms with Crippen LogP contribution in [0.4, 0.5) is 18.9 Å². The lowest BCUT2D eigenvalue weighted by Gasteiger charge is -2.21. The largest absolute Gasteiger partial charge is 0.488 e. The van der Waals surface area contributed by atoms with Gasteiger partial charge in [-0.2, -0.15) is 18.4 Å². The molecule has 3 aromatic rings. The Morgan fingerprint density at radius 2 is 1.77 bits per heavy atom. The maximum absolute atomic E-state index is 12.5. The second-order valence-electron chi connectivity index (χ2n) is 9.46. The molecule has 0 unspecified atom stereocenters. The molecule has 1 atom stereocenters. The molecule has 4 rings (SSSR count). The Hall–Kier alpha value is -4.23. The molecule has 0 radical (unpaired) electrons. The molecule has 7 nitrogen and oxygen atoms in total. The van der Waals surface area contributed by atoms with Crippen molar-refractivity contribution in [1.29, 1.82) is 5.26 Å². The summed E-state index contributed by atoms with van der Waals surface area (Å²) in [6, 6.07) is 21.3. The zero-order valence-electron chi connectivity index (χ0n) is 22.0. The minimum Gasteiger partial charge on any atom is -0.488 e. The number of rotatable bonds is 12. The summed E-state index contributed by atoms with van der Waals surface area (Å²) in [5.74, 6) is -0.123. The summed E-state index contributed by atoms with van der Waals surface area (Å²) in [5, 5.41) is 13.2. The third-order valence-electron chi connectivity index (χ3n) is 6.33. The molecular weight excluding hydrogens is 523 g/mol. The van der Waals surface area contributed by atoms with Crippen LogP contribution >= 0.6 is 0 Å². The van der Waals surface area contributed by atoms with E-state index in [2.05, 4.69) is 17.5 Å². The summed E-state index contributed by atoms with van der Waals surface area (Å²) in [7, 11) is 0. The summed E-state index contributed by atoms with van der Waals surface area (Å²) in [6.45, 7) is 2.04. The molecule has 40 heavy (non-hydrogen) atoms. The molecule has 1 aliphatic rings. The van der Waals surface area contributed by atoms with Crippen LogP contribution in [0.3, 0.4) is 0 Å². The number of carbonyl (C=O) groups excluding carboxylic acids is 1. The topological polar surface area (TPSA) is 83.8 Å². The van der Waals surface area contributed by atoms with Gasteiger partial charge in [0.05, 0.1) is 16.8 Å². The first-order valence-corrected chi connectivity index (χ1v) is 12.9. The van der Waals surface area contributed by atoms with E-state index in [-0.39, 0.29) is 30.9 Å². The van der Waals surface area contributed by atoms with E-state index in [4.69, 9.17) is 14.2 Å². The van der Waals surface area contributed by atoms with Gasteiger partial charge in [0.1, 0.15) is 12.7 Å². The van der Waals surface area contributed by atoms with Crippen LogP contribution in [0.25, 0.3) is 0 Å². The van der Waals surface area contributed by atoms with E-state index in [0.717, 1.165) is 23.2 Å². The average molecular weight is 554 g/mol. The summed E-state index contributed by atoms with van der Waals surface area (Å²) < 4.78 is 53.5. The number of alkyl halides is 3. The van der Waals surface area contributed by atoms with E-state index >= 15 is 0 Å². The number of ether oxygens (including phenoxy) is 3. The highest BCUT2D eigenvalue weighted by molar-refractivity contribution is 5.89. The van der Waals surface area contributed by atoms with E-state index in [0.29, 0.717) is 30.6 Å². The maximum atomic E-state index is 12.5. The minimum absolute atomic E-state index is 0.0407. The predicted octanol–water partition coefficient (Wildman–Crippen LogP) is 5.28. The molecular formula is C30H30F3N3O4. The van der Waals surface area contributed by atoms with Gasteiger partial charge in [-0.1, -0.05) is 36.4 Å². The van der Waals surface area contributed by atoms with Crippen LogP contribution in [0.2, 0.25) is 0 Å². The van der Waals surface area contributed by atoms with Crippen molar-refractivity contribution < 1.29 is 32.2 Å². The molecule has 0 amide bonds. The molecule has 0 saturated carbocycles. The van der Waals surface area contributed by atoms with Crippen molar-refractivity contribution in [2.24, 2.45) is 0 Å². The highest BCUT2D eigenvalue weighted by atomic mass is 19.4. The normalized spacial score (nSPS) is 13.3. The van der Waals surface area contributed by atoms with Crippen molar-refractivity contribution in [3.63, 3.8) is 0 Å². The summed E-state index contributed by atoms with van der Waals surface area (Å²) in [4.78, 5) is 14.2. The number of hydrogen-bond donors (Lipinski definition) is 1. The number of nitrogens with one attached hydrogen (secondary N) is 1. The second kappa shape index (κ2) is 13.2. The van der Waals surface area contributed by atoms with E-state index in [1.54, 1.807) is 42.5 Å². The number of halogens is 3. The number of anilines is 1. The Balaban J connectivity index is 1.28. The zero-order chi connectivity index (χ0) is 28.5. The number of esters is 1. The summed E-state index contributed by atoms with van der Waals surface area (Å²) in [5.41, 5.74) is 3.85. The van der Waals surface area contributed by atoms with Gasteiger partial charge in [0.2, 0.25) is 0 Å². The van der Waals surface area contributed by atoms with Gasteiger partial charge in [0.15, 0.2) is 24.8 Å². The number of nitriles is 1. The number of fused-ring (bicyclic) bond motifs is 1. The number of para-hydroxylation sites is 2. The smallest absolute Gasteiger partial charge is 0.422 e. The van der Waals surface area contributed by atoms with Crippen molar-refractivity contribution in [2.45, 2.75) is 32.0 Å². The Kier molecular flexibility index (Phi) is 9.51. The SMILES string of the molecule is C[C@H](Cc1cc(C#N)c2c(c1)CCN2COC(=O)c1ccccc1)NCCOc1ccccc1OCC(F)(F)F. The van der Waals surface area contributed by atoms with Crippen LogP contribution < -0.4 is 19.7 Å². The molecule has 1 N–H and O–H groups in total. The van der Waals surface area contributed by atoms with Crippen LogP contribution in [-0.4, -0.2) is 51.2 Å². The number of carbonyl (C=O) groups is 1. The van der Waals surface area contributed by atoms with Gasteiger partial charge in [0, 0.05) is 19.1 Å². The van der Waals surface area contributed by atoms with Gasteiger partial charge < -0.3 is 24.4 Å². The van der Waals surface area contributed by atoms with Crippen molar-refractivity contribution in [3.8, 4) is 17.6 Å². The van der Waals surface area contributed by atoms with Crippen LogP contribution in [0, 0.1) is 11.3 Å². The molecule has 3 aromatic carbocycles. The average Bonchev–Trinajstić information content (AvgIpc) is 3.36. The molecule has 1 aliphatic heterocycles. The fourth-order valence-corrected chi connectivity index (χ4v) is 4.56. The minimum atomic E-state index is -4.43. The quantitative estimate of drug-likeness (QED) is 0.242. The summed E-state index contributed by atoms with van der Waals surface area (Å²) >= 11 is 0. The summed E-state index contributed by atoms with van der Waals surface area (Å²) in [6.07, 6.45) is -3.02. The Bertz CT molecular complexity index is 1340. The second-order valence-corrected chi connectivity index (χ2v) is 9.46. The lowest BCUT2D eigenvalue weighted by Crippen LogP contribution is -2.32. The number of nitrogens with zero attached hydrogens (tertiary/aromatic N) is 2. The molecule has 0 aromatic heterocycles.